The summed E-state index contributed by atoms with van der Waals surface area (Å²) in [6.45, 7) is 43.3. The number of halogens is 5. The minimum Gasteiger partial charge on any atom is -0.391 e. The van der Waals surface area contributed by atoms with E-state index in [0.29, 0.717) is 65.5 Å². The van der Waals surface area contributed by atoms with Gasteiger partial charge in [-0.3, -0.25) is 28.3 Å². The highest BCUT2D eigenvalue weighted by molar-refractivity contribution is 9.93. The van der Waals surface area contributed by atoms with Gasteiger partial charge < -0.3 is 23.2 Å². The molecule has 8 aromatic carbocycles. The lowest BCUT2D eigenvalue weighted by atomic mass is 9.96. The van der Waals surface area contributed by atoms with Crippen molar-refractivity contribution in [2.45, 2.75) is 210 Å². The fourth-order valence-electron chi connectivity index (χ4n) is 12.8. The van der Waals surface area contributed by atoms with Crippen molar-refractivity contribution in [3.05, 3.63) is 270 Å². The highest BCUT2D eigenvalue weighted by Gasteiger charge is 2.40. The van der Waals surface area contributed by atoms with E-state index in [1.54, 1.807) is 77.9 Å². The minimum absolute atomic E-state index is 0.149. The first-order chi connectivity index (χ1) is 60.0. The average Bonchev–Trinajstić information content (AvgIpc) is 1.61. The zero-order valence-corrected chi connectivity index (χ0v) is 88.8. The van der Waals surface area contributed by atoms with Gasteiger partial charge in [-0.05, 0) is 203 Å². The Labute approximate surface area is 802 Å². The molecule has 0 fully saturated rings. The molecule has 5 aromatic heterocycles. The number of fused-ring (bicyclic) bond motifs is 5. The quantitative estimate of drug-likeness (QED) is 0.0157. The fourth-order valence-corrected chi connectivity index (χ4v) is 25.5. The number of thiophene rings is 5. The molecule has 0 saturated heterocycles. The smallest absolute Gasteiger partial charge is 0.339 e. The number of aliphatic hydroxyl groups excluding tert-OH is 1. The van der Waals surface area contributed by atoms with Gasteiger partial charge in [0.15, 0.2) is 17.9 Å². The molecule has 5 heterocycles. The van der Waals surface area contributed by atoms with Crippen LogP contribution in [-0.4, -0.2) is 66.3 Å². The van der Waals surface area contributed by atoms with Gasteiger partial charge in [-0.2, -0.15) is 0 Å². The SMILES string of the molecule is BrBr.CC(=O)C(C)C.CC(C)C(=O)CBr.CC(C)C(=O)CSc1ccccc1.CC(C)c1c(C=O)sc2ccccc12.CC(C)c1c(CO)sc2ccccc12.CC(C)c1csc2ccccc12.CCOP(=O)(Cc1sc2ccccc2c1C(C)C)OCC.CCOP(=O)(OCC)C(Cc1ccc(F)c(F)c1)c1sc2ccccc2c1C(C)C.Sc1ccccc1. The molecule has 1 unspecified atom stereocenters. The third-order valence-electron chi connectivity index (χ3n) is 19.3. The van der Waals surface area contributed by atoms with Gasteiger partial charge in [0.2, 0.25) is 0 Å². The van der Waals surface area contributed by atoms with Crippen LogP contribution in [0.2, 0.25) is 0 Å². The monoisotopic (exact) mass is 2080 g/mol. The number of aliphatic hydroxyl groups is 1. The van der Waals surface area contributed by atoms with Crippen molar-refractivity contribution in [2.75, 3.05) is 37.5 Å². The van der Waals surface area contributed by atoms with Crippen LogP contribution in [0.15, 0.2) is 215 Å². The Kier molecular flexibility index (Phi) is 52.9. The third kappa shape index (κ3) is 35.9. The lowest BCUT2D eigenvalue weighted by Crippen LogP contribution is -2.11. The molecule has 0 spiro atoms. The standard InChI is InChI=1S/C23H27F2O3PS.C16H23O3PS.C12H14OS.C12H12OS.C11H14OS.C11H12S.C6H6S.C5H9BrO.C5H10O.Br2/c1-5-27-29(26,28-6-2)20(14-16-11-12-18(24)19(25)13-16)23-22(15(3)4)17-9-7-8-10-21(17)30-23;1-5-18-20(17,19-6-2)11-15-16(12(3)4)13-9-7-8-10-14(13)21-15;2*1-8(2)12-9-5-3-4-6-10(9)14-11(12)7-13;1-9(2)11(12)8-13-10-6-4-3-5-7-10;1-8(2)10-7-12-11-6-4-3-5-9(10)11;7-6-4-2-1-3-5-6;1-4(2)5(7)3-6;1-4(2)5(3)6;1-2/h7-13,15,20H,5-6,14H2,1-4H3;7-10,12H,5-6,11H2,1-4H3;3-6,8,13H,7H2,1-2H3;3-8H,1-2H3;3-7,9H,8H2,1-2H3;3-8H,1-2H3;1-5,7H;4H,3H2,1-2H3;4H,1-3H3;. The van der Waals surface area contributed by atoms with Gasteiger partial charge in [0.25, 0.3) is 0 Å². The Bertz CT molecular complexity index is 5490. The second kappa shape index (κ2) is 59.1. The minimum atomic E-state index is -3.57. The number of carbonyl (C=O) groups excluding carboxylic acids is 4. The summed E-state index contributed by atoms with van der Waals surface area (Å²) < 4.78 is 82.6. The molecule has 684 valence electrons. The van der Waals surface area contributed by atoms with E-state index in [-0.39, 0.29) is 61.5 Å². The first-order valence-electron chi connectivity index (χ1n) is 42.4. The number of ketones is 3. The number of hydrogen-bond donors (Lipinski definition) is 2. The van der Waals surface area contributed by atoms with Crippen LogP contribution in [0, 0.1) is 29.4 Å². The Balaban J connectivity index is 0.000000309. The van der Waals surface area contributed by atoms with Gasteiger partial charge in [-0.1, -0.05) is 260 Å². The van der Waals surface area contributed by atoms with Crippen LogP contribution in [-0.2, 0) is 60.8 Å². The predicted molar refractivity (Wildman–Crippen MR) is 557 cm³/mol. The van der Waals surface area contributed by atoms with E-state index in [2.05, 4.69) is 210 Å². The molecule has 0 amide bonds. The molecular weight excluding hydrogens is 1950 g/mol. The molecule has 126 heavy (non-hydrogen) atoms. The van der Waals surface area contributed by atoms with Crippen LogP contribution >= 0.6 is 140 Å². The Morgan fingerprint density at radius 2 is 0.873 bits per heavy atom. The molecule has 0 aliphatic carbocycles. The molecular formula is C101H127Br3F2O11P2S7. The van der Waals surface area contributed by atoms with Crippen LogP contribution < -0.4 is 0 Å². The first-order valence-corrected chi connectivity index (χ1v) is 56.2. The average molecular weight is 2080 g/mol. The second-order valence-corrected chi connectivity index (χ2v) is 43.1. The molecule has 0 aliphatic heterocycles. The normalized spacial score (nSPS) is 11.4. The topological polar surface area (TPSA) is 160 Å². The molecule has 25 heteroatoms. The molecule has 13 aromatic rings. The molecule has 0 saturated carbocycles. The number of benzene rings is 8. The predicted octanol–water partition coefficient (Wildman–Crippen LogP) is 34.5. The maximum atomic E-state index is 13.9. The van der Waals surface area contributed by atoms with E-state index in [1.165, 1.54) is 68.7 Å². The van der Waals surface area contributed by atoms with Crippen molar-refractivity contribution in [2.24, 2.45) is 17.8 Å². The summed E-state index contributed by atoms with van der Waals surface area (Å²) in [5, 5.41) is 18.4. The number of alkyl halides is 1. The summed E-state index contributed by atoms with van der Waals surface area (Å²) in [6.07, 6.45) is 1.56. The largest absolute Gasteiger partial charge is 0.391 e. The van der Waals surface area contributed by atoms with Crippen LogP contribution in [0.5, 0.6) is 0 Å². The van der Waals surface area contributed by atoms with Gasteiger partial charge in [-0.25, -0.2) is 8.78 Å². The van der Waals surface area contributed by atoms with Crippen LogP contribution in [0.25, 0.3) is 50.4 Å². The number of rotatable bonds is 28. The maximum Gasteiger partial charge on any atom is 0.339 e. The van der Waals surface area contributed by atoms with E-state index in [9.17, 15) is 42.2 Å². The van der Waals surface area contributed by atoms with Gasteiger partial charge in [-0.15, -0.1) is 81.1 Å². The van der Waals surface area contributed by atoms with E-state index in [4.69, 9.17) is 18.1 Å². The lowest BCUT2D eigenvalue weighted by molar-refractivity contribution is -0.120. The lowest BCUT2D eigenvalue weighted by Gasteiger charge is -2.27. The second-order valence-electron chi connectivity index (χ2n) is 31.4. The maximum absolute atomic E-state index is 13.9. The number of carbonyl (C=O) groups is 4. The highest BCUT2D eigenvalue weighted by Crippen LogP contribution is 2.65. The fraction of sp³-hybridized carbons (Fsp3) is 0.386. The molecule has 13 rings (SSSR count). The molecule has 0 radical (unpaired) electrons. The van der Waals surface area contributed by atoms with Crippen molar-refractivity contribution in [3.8, 4) is 0 Å². The van der Waals surface area contributed by atoms with Gasteiger partial charge in [0.05, 0.1) is 60.8 Å². The van der Waals surface area contributed by atoms with E-state index >= 15 is 0 Å². The summed E-state index contributed by atoms with van der Waals surface area (Å²) in [7, 11) is -6.62. The van der Waals surface area contributed by atoms with Crippen LogP contribution in [0.3, 0.4) is 0 Å². The van der Waals surface area contributed by atoms with Crippen molar-refractivity contribution < 1.29 is 60.3 Å². The molecule has 0 bridgehead atoms. The zero-order chi connectivity index (χ0) is 94.0. The molecule has 1 N–H and O–H groups in total. The highest BCUT2D eigenvalue weighted by atomic mass is 80.9. The van der Waals surface area contributed by atoms with Crippen molar-refractivity contribution in [3.63, 3.8) is 0 Å². The molecule has 11 nitrogen and oxygen atoms in total. The van der Waals surface area contributed by atoms with Gasteiger partial charge in [0.1, 0.15) is 17.3 Å². The van der Waals surface area contributed by atoms with E-state index < -0.39 is 32.5 Å². The number of thiol groups is 1. The van der Waals surface area contributed by atoms with Crippen molar-refractivity contribution in [1.29, 1.82) is 0 Å². The number of Topliss-reactive ketones (excluding diaryl/α,β-unsaturated/α-hetero) is 3. The number of hydrogen-bond acceptors (Lipinski definition) is 18. The number of thioether (sulfide) groups is 1. The third-order valence-corrected chi connectivity index (χ3v) is 31.7. The Hall–Kier alpha value is -5.50. The zero-order valence-electron chi connectivity index (χ0n) is 76.5. The summed E-state index contributed by atoms with van der Waals surface area (Å²) >= 11 is 22.7. The summed E-state index contributed by atoms with van der Waals surface area (Å²) in [5.41, 5.74) is 6.30. The van der Waals surface area contributed by atoms with Crippen molar-refractivity contribution in [1.82, 2.24) is 0 Å². The summed E-state index contributed by atoms with van der Waals surface area (Å²) in [6, 6.07) is 65.1. The Morgan fingerprint density at radius 3 is 1.26 bits per heavy atom. The van der Waals surface area contributed by atoms with Crippen molar-refractivity contribution >= 4 is 215 Å². The van der Waals surface area contributed by atoms with Gasteiger partial charge >= 0.3 is 15.2 Å². The molecule has 1 atom stereocenters. The van der Waals surface area contributed by atoms with E-state index in [1.807, 2.05) is 170 Å². The van der Waals surface area contributed by atoms with E-state index in [0.717, 1.165) is 63.4 Å². The number of aldehydes is 1. The Morgan fingerprint density at radius 1 is 0.476 bits per heavy atom. The summed E-state index contributed by atoms with van der Waals surface area (Å²) in [4.78, 5) is 49.0. The molecule has 0 aliphatic rings. The van der Waals surface area contributed by atoms with Gasteiger partial charge in [0, 0.05) is 93.9 Å². The summed E-state index contributed by atoms with van der Waals surface area (Å²) in [5.74, 6) is 2.23. The van der Waals surface area contributed by atoms with Crippen LogP contribution in [0.4, 0.5) is 8.78 Å². The van der Waals surface area contributed by atoms with Crippen LogP contribution in [0.1, 0.15) is 238 Å². The first kappa shape index (κ1) is 113.